The van der Waals surface area contributed by atoms with Crippen LogP contribution in [0.25, 0.3) is 87.7 Å². The Bertz CT molecular complexity index is 3680. The van der Waals surface area contributed by atoms with Crippen molar-refractivity contribution in [3.8, 4) is 22.5 Å². The molecule has 10 aromatic rings. The molecule has 1 aliphatic rings. The Labute approximate surface area is 463 Å². The minimum absolute atomic E-state index is 0. The average Bonchev–Trinajstić information content (AvgIpc) is 3.72. The highest BCUT2D eigenvalue weighted by molar-refractivity contribution is 9.10. The summed E-state index contributed by atoms with van der Waals surface area (Å²) in [4.78, 5) is 19.7. The summed E-state index contributed by atoms with van der Waals surface area (Å²) in [5.74, 6) is 0. The third kappa shape index (κ3) is 11.9. The van der Waals surface area contributed by atoms with Crippen LogP contribution in [0.5, 0.6) is 0 Å². The highest BCUT2D eigenvalue weighted by Gasteiger charge is 2.52. The fraction of sp³-hybridized carbons (Fsp3) is 0.302. The van der Waals surface area contributed by atoms with E-state index in [0.29, 0.717) is 0 Å². The van der Waals surface area contributed by atoms with Gasteiger partial charge in [0.2, 0.25) is 0 Å². The van der Waals surface area contributed by atoms with Crippen molar-refractivity contribution in [3.63, 3.8) is 0 Å². The summed E-state index contributed by atoms with van der Waals surface area (Å²) in [6, 6.07) is 49.7. The average molecular weight is 1090 g/mol. The zero-order valence-corrected chi connectivity index (χ0v) is 47.0. The van der Waals surface area contributed by atoms with Crippen molar-refractivity contribution in [2.75, 3.05) is 0 Å². The third-order valence-corrected chi connectivity index (χ3v) is 15.8. The van der Waals surface area contributed by atoms with Crippen LogP contribution in [0.15, 0.2) is 162 Å². The lowest BCUT2D eigenvalue weighted by molar-refractivity contribution is -0.0894. The first kappa shape index (κ1) is 57.1. The zero-order valence-electron chi connectivity index (χ0n) is 45.4. The summed E-state index contributed by atoms with van der Waals surface area (Å²) in [7, 11) is 2.70. The monoisotopic (exact) mass is 1090 g/mol. The zero-order chi connectivity index (χ0) is 54.4. The van der Waals surface area contributed by atoms with E-state index >= 15 is 0 Å². The summed E-state index contributed by atoms with van der Waals surface area (Å²) in [5.41, 5.74) is 4.18. The van der Waals surface area contributed by atoms with Crippen LogP contribution in [0.4, 0.5) is 0 Å². The minimum Gasteiger partial charge on any atom is -0.435 e. The first-order chi connectivity index (χ1) is 35.8. The smallest absolute Gasteiger partial charge is 0.435 e. The van der Waals surface area contributed by atoms with Gasteiger partial charge in [0.1, 0.15) is 0 Å². The molecule has 11 rings (SSSR count). The van der Waals surface area contributed by atoms with E-state index in [1.807, 2.05) is 116 Å². The summed E-state index contributed by atoms with van der Waals surface area (Å²) >= 11 is 3.53. The van der Waals surface area contributed by atoms with Crippen molar-refractivity contribution in [3.05, 3.63) is 162 Å². The number of aliphatic hydroxyl groups is 2. The molecule has 0 bridgehead atoms. The van der Waals surface area contributed by atoms with Gasteiger partial charge in [0.25, 0.3) is 0 Å². The normalized spacial score (nSPS) is 14.5. The molecule has 0 amide bonds. The van der Waals surface area contributed by atoms with Gasteiger partial charge in [-0.2, -0.15) is 0 Å². The van der Waals surface area contributed by atoms with Gasteiger partial charge in [-0.25, -0.2) is 9.97 Å². The molecule has 1 fully saturated rings. The largest absolute Gasteiger partial charge is 0.439 e. The van der Waals surface area contributed by atoms with E-state index in [2.05, 4.69) is 113 Å². The van der Waals surface area contributed by atoms with Crippen molar-refractivity contribution in [2.24, 2.45) is 0 Å². The maximum atomic E-state index is 10.4. The molecule has 10 nitrogen and oxygen atoms in total. The van der Waals surface area contributed by atoms with Gasteiger partial charge in [0.15, 0.2) is 0 Å². The SMILES string of the molecule is Brc1cccc(-c2cnc3c4ccccc4c4ccccc4c3n2)c1.C.CC(C)(O)C(C)(C)O[B]B1OC(C)(C)C(C)(C)O1.CC(C)(O)C(C)(C)O[B]c1cccc(-c2cnc3c4ccccc4c4ccccc4c3n2)c1. The molecule has 0 saturated carbocycles. The van der Waals surface area contributed by atoms with Crippen LogP contribution in [-0.4, -0.2) is 85.6 Å². The van der Waals surface area contributed by atoms with Crippen molar-refractivity contribution >= 4 is 108 Å². The summed E-state index contributed by atoms with van der Waals surface area (Å²) in [6.45, 7) is 22.3. The number of hydrogen-bond donors (Lipinski definition) is 2. The summed E-state index contributed by atoms with van der Waals surface area (Å²) < 4.78 is 24.2. The number of halogens is 1. The van der Waals surface area contributed by atoms with Crippen molar-refractivity contribution < 1.29 is 28.8 Å². The van der Waals surface area contributed by atoms with Crippen LogP contribution in [0.3, 0.4) is 0 Å². The number of hydrogen-bond acceptors (Lipinski definition) is 10. The third-order valence-electron chi connectivity index (χ3n) is 15.3. The predicted octanol–water partition coefficient (Wildman–Crippen LogP) is 14.2. The Kier molecular flexibility index (Phi) is 16.3. The Morgan fingerprint density at radius 1 is 0.481 bits per heavy atom. The number of nitrogens with zero attached hydrogens (tertiary/aromatic N) is 4. The van der Waals surface area contributed by atoms with Gasteiger partial charge in [-0.05, 0) is 117 Å². The van der Waals surface area contributed by atoms with Gasteiger partial charge < -0.3 is 28.8 Å². The van der Waals surface area contributed by atoms with E-state index in [4.69, 9.17) is 38.6 Å². The second kappa shape index (κ2) is 22.0. The Morgan fingerprint density at radius 3 is 1.25 bits per heavy atom. The topological polar surface area (TPSA) is 129 Å². The standard InChI is InChI=1S/C28H26BN2O2.C22H13BrN2.C12H25B2O4.CH4/c1-27(2,32)28(3,4)33-29-19-11-9-10-18(16-19)24-17-30-25-22-14-7-5-12-20(22)21-13-6-8-15-23(21)26(25)31-24;23-15-7-5-6-14(12-15)20-13-24-21-18-10-3-1-8-16(18)17-9-2-4-11-19(17)22(21)25-20;1-9(2,15)10(3,4)16-13-14-17-11(5,6)12(7,8)18-14;/h5-17,32H,1-4H3;1-13H;15H,1-8H3;1H4. The van der Waals surface area contributed by atoms with E-state index in [0.717, 1.165) is 76.1 Å². The molecule has 3 heterocycles. The summed E-state index contributed by atoms with van der Waals surface area (Å²) in [5, 5.41) is 29.6. The maximum Gasteiger partial charge on any atom is 0.439 e. The number of benzene rings is 8. The first-order valence-corrected chi connectivity index (χ1v) is 26.4. The minimum atomic E-state index is -0.977. The lowest BCUT2D eigenvalue weighted by atomic mass is 9.55. The Morgan fingerprint density at radius 2 is 0.844 bits per heavy atom. The molecule has 0 atom stereocenters. The molecule has 1 saturated heterocycles. The van der Waals surface area contributed by atoms with E-state index < -0.39 is 29.4 Å². The van der Waals surface area contributed by atoms with Gasteiger partial charge in [-0.3, -0.25) is 9.97 Å². The predicted molar refractivity (Wildman–Crippen MR) is 325 cm³/mol. The van der Waals surface area contributed by atoms with E-state index in [1.165, 1.54) is 28.9 Å². The van der Waals surface area contributed by atoms with Crippen LogP contribution in [-0.2, 0) is 18.6 Å². The molecule has 392 valence electrons. The van der Waals surface area contributed by atoms with Crippen molar-refractivity contribution in [1.29, 1.82) is 0 Å². The van der Waals surface area contributed by atoms with Gasteiger partial charge >= 0.3 is 21.9 Å². The van der Waals surface area contributed by atoms with Crippen molar-refractivity contribution in [2.45, 2.75) is 124 Å². The second-order valence-corrected chi connectivity index (χ2v) is 23.4. The highest BCUT2D eigenvalue weighted by Crippen LogP contribution is 2.38. The fourth-order valence-corrected chi connectivity index (χ4v) is 9.02. The summed E-state index contributed by atoms with van der Waals surface area (Å²) in [6.07, 6.45) is 3.70. The molecule has 8 aromatic carbocycles. The Hall–Kier alpha value is -6.09. The molecule has 2 aromatic heterocycles. The van der Waals surface area contributed by atoms with Gasteiger partial charge in [-0.1, -0.05) is 162 Å². The number of fused-ring (bicyclic) bond motifs is 12. The van der Waals surface area contributed by atoms with Crippen LogP contribution in [0.1, 0.15) is 90.5 Å². The lowest BCUT2D eigenvalue weighted by Gasteiger charge is -2.37. The van der Waals surface area contributed by atoms with E-state index in [9.17, 15) is 10.2 Å². The number of aromatic nitrogens is 4. The van der Waals surface area contributed by atoms with Crippen LogP contribution in [0, 0.1) is 0 Å². The van der Waals surface area contributed by atoms with Crippen LogP contribution >= 0.6 is 15.9 Å². The molecular weight excluding hydrogens is 1020 g/mol. The van der Waals surface area contributed by atoms with Crippen LogP contribution in [0.2, 0.25) is 0 Å². The molecule has 14 heteroatoms. The second-order valence-electron chi connectivity index (χ2n) is 22.5. The van der Waals surface area contributed by atoms with Gasteiger partial charge in [0.05, 0.1) is 79.5 Å². The Balaban J connectivity index is 0.000000159. The molecule has 0 spiro atoms. The lowest BCUT2D eigenvalue weighted by Crippen LogP contribution is -2.50. The van der Waals surface area contributed by atoms with Gasteiger partial charge in [0, 0.05) is 37.1 Å². The quantitative estimate of drug-likeness (QED) is 0.101. The van der Waals surface area contributed by atoms with Crippen molar-refractivity contribution in [1.82, 2.24) is 19.9 Å². The molecule has 0 unspecified atom stereocenters. The number of rotatable bonds is 10. The molecular formula is C63H68B3BrN4O6. The molecule has 0 aliphatic carbocycles. The first-order valence-electron chi connectivity index (χ1n) is 25.7. The molecule has 2 N–H and O–H groups in total. The van der Waals surface area contributed by atoms with Crippen LogP contribution < -0.4 is 5.46 Å². The highest BCUT2D eigenvalue weighted by atomic mass is 79.9. The molecule has 2 radical (unpaired) electrons. The fourth-order valence-electron chi connectivity index (χ4n) is 8.62. The van der Waals surface area contributed by atoms with Gasteiger partial charge in [-0.15, -0.1) is 0 Å². The molecule has 1 aliphatic heterocycles. The molecule has 77 heavy (non-hydrogen) atoms. The van der Waals surface area contributed by atoms with E-state index in [1.54, 1.807) is 35.2 Å². The maximum absolute atomic E-state index is 10.4. The van der Waals surface area contributed by atoms with E-state index in [-0.39, 0.29) is 18.6 Å².